The monoisotopic (exact) mass is 390 g/mol. The van der Waals surface area contributed by atoms with Crippen LogP contribution in [0.3, 0.4) is 0 Å². The summed E-state index contributed by atoms with van der Waals surface area (Å²) in [4.78, 5) is 28.4. The molecule has 0 atom stereocenters. The topological polar surface area (TPSA) is 90.3 Å². The maximum atomic E-state index is 13.8. The fourth-order valence-corrected chi connectivity index (χ4v) is 3.07. The van der Waals surface area contributed by atoms with Gasteiger partial charge in [0.2, 0.25) is 0 Å². The first-order valence-electron chi connectivity index (χ1n) is 9.20. The van der Waals surface area contributed by atoms with Gasteiger partial charge in [-0.3, -0.25) is 4.65 Å². The lowest BCUT2D eigenvalue weighted by Crippen LogP contribution is -2.46. The molecule has 0 aliphatic carbocycles. The van der Waals surface area contributed by atoms with Crippen molar-refractivity contribution in [1.29, 1.82) is 0 Å². The minimum absolute atomic E-state index is 0.0774. The molecule has 29 heavy (non-hydrogen) atoms. The van der Waals surface area contributed by atoms with E-state index in [-0.39, 0.29) is 24.3 Å². The number of carboxylic acid groups (broad SMARTS) is 1. The Hall–Kier alpha value is -3.35. The number of aromatic nitrogens is 1. The van der Waals surface area contributed by atoms with Gasteiger partial charge in [0.05, 0.1) is 5.56 Å². The van der Waals surface area contributed by atoms with E-state index in [2.05, 4.69) is 4.98 Å². The smallest absolute Gasteiger partial charge is 0.364 e. The van der Waals surface area contributed by atoms with Gasteiger partial charge in [-0.15, -0.1) is 0 Å². The summed E-state index contributed by atoms with van der Waals surface area (Å²) in [7, 11) is 0. The molecule has 0 fully saturated rings. The molecule has 0 unspecified atom stereocenters. The average molecular weight is 390 g/mol. The van der Waals surface area contributed by atoms with Gasteiger partial charge >= 0.3 is 11.9 Å². The van der Waals surface area contributed by atoms with Crippen molar-refractivity contribution in [3.8, 4) is 0 Å². The number of aromatic carboxylic acids is 1. The summed E-state index contributed by atoms with van der Waals surface area (Å²) in [6, 6.07) is 17.3. The summed E-state index contributed by atoms with van der Waals surface area (Å²) in [5.41, 5.74) is 3.32. The Morgan fingerprint density at radius 3 is 1.83 bits per heavy atom. The molecule has 1 aromatic heterocycles. The van der Waals surface area contributed by atoms with Gasteiger partial charge in [0.25, 0.3) is 0 Å². The van der Waals surface area contributed by atoms with E-state index in [1.54, 1.807) is 0 Å². The van der Waals surface area contributed by atoms with Gasteiger partial charge in [-0.05, 0) is 26.0 Å². The number of carboxylic acids is 1. The van der Waals surface area contributed by atoms with Crippen LogP contribution >= 0.6 is 0 Å². The molecule has 0 saturated carbocycles. The highest BCUT2D eigenvalue weighted by Crippen LogP contribution is 2.23. The third-order valence-electron chi connectivity index (χ3n) is 4.71. The Morgan fingerprint density at radius 2 is 1.38 bits per heavy atom. The van der Waals surface area contributed by atoms with E-state index in [0.29, 0.717) is 0 Å². The summed E-state index contributed by atoms with van der Waals surface area (Å²) >= 11 is 0. The van der Waals surface area contributed by atoms with Gasteiger partial charge in [0.15, 0.2) is 5.69 Å². The number of nitrogens with zero attached hydrogens (tertiary/aromatic N) is 2. The Balaban J connectivity index is 1.99. The molecule has 0 spiro atoms. The molecule has 3 rings (SSSR count). The van der Waals surface area contributed by atoms with Crippen LogP contribution in [0.4, 0.5) is 0 Å². The fraction of sp³-hybridized carbons (Fsp3) is 0.174. The molecule has 0 bridgehead atoms. The molecule has 3 aromatic rings. The number of aryl methyl sites for hydroxylation is 2. The van der Waals surface area contributed by atoms with Crippen LogP contribution in [0.5, 0.6) is 0 Å². The van der Waals surface area contributed by atoms with Crippen molar-refractivity contribution in [1.82, 2.24) is 4.98 Å². The highest BCUT2D eigenvalue weighted by atomic mass is 16.6. The number of amides is 1. The third kappa shape index (κ3) is 4.93. The third-order valence-corrected chi connectivity index (χ3v) is 4.71. The Labute approximate surface area is 169 Å². The number of hydroxylamine groups is 3. The largest absolute Gasteiger partial charge is 0.624 e. The minimum Gasteiger partial charge on any atom is -0.624 e. The van der Waals surface area contributed by atoms with E-state index in [1.807, 2.05) is 62.4 Å². The molecular weight excluding hydrogens is 368 g/mol. The molecule has 1 heterocycles. The molecule has 0 aliphatic rings. The maximum Gasteiger partial charge on any atom is 0.364 e. The van der Waals surface area contributed by atoms with Crippen LogP contribution in [-0.2, 0) is 13.1 Å². The van der Waals surface area contributed by atoms with Gasteiger partial charge in [-0.1, -0.05) is 59.7 Å². The molecule has 1 amide bonds. The molecular formula is C23H22N2O4. The quantitative estimate of drug-likeness (QED) is 0.502. The number of rotatable bonds is 6. The van der Waals surface area contributed by atoms with Crippen LogP contribution < -0.4 is 0 Å². The van der Waals surface area contributed by atoms with E-state index in [1.165, 1.54) is 12.3 Å². The van der Waals surface area contributed by atoms with Crippen molar-refractivity contribution in [3.63, 3.8) is 0 Å². The van der Waals surface area contributed by atoms with E-state index in [0.717, 1.165) is 28.3 Å². The van der Waals surface area contributed by atoms with E-state index in [4.69, 9.17) is 0 Å². The summed E-state index contributed by atoms with van der Waals surface area (Å²) in [5.74, 6) is -1.95. The van der Waals surface area contributed by atoms with E-state index in [9.17, 15) is 19.9 Å². The lowest BCUT2D eigenvalue weighted by Gasteiger charge is -2.39. The van der Waals surface area contributed by atoms with Gasteiger partial charge in [-0.25, -0.2) is 14.6 Å². The number of hydrogen-bond acceptors (Lipinski definition) is 4. The van der Waals surface area contributed by atoms with Crippen molar-refractivity contribution in [3.05, 3.63) is 106 Å². The summed E-state index contributed by atoms with van der Waals surface area (Å²) < 4.78 is -1.19. The lowest BCUT2D eigenvalue weighted by atomic mass is 10.1. The summed E-state index contributed by atoms with van der Waals surface area (Å²) in [6.45, 7) is 3.74. The summed E-state index contributed by atoms with van der Waals surface area (Å²) in [5, 5.41) is 23.0. The number of hydrogen-bond donors (Lipinski definition) is 1. The number of carbonyl (C=O) groups excluding carboxylic acids is 1. The molecule has 0 radical (unpaired) electrons. The fourth-order valence-electron chi connectivity index (χ4n) is 3.07. The SMILES string of the molecule is Cc1ccc(C[N+]([O-])(Cc2ccc(C)cc2)C(=O)c2cc(C(=O)O)ccn2)cc1. The minimum atomic E-state index is -1.19. The normalized spacial score (nSPS) is 11.3. The first kappa shape index (κ1) is 20.4. The van der Waals surface area contributed by atoms with Crippen LogP contribution in [0.1, 0.15) is 43.1 Å². The first-order chi connectivity index (χ1) is 13.8. The van der Waals surface area contributed by atoms with Crippen LogP contribution in [-0.4, -0.2) is 26.6 Å². The molecule has 2 aromatic carbocycles. The van der Waals surface area contributed by atoms with Crippen molar-refractivity contribution < 1.29 is 19.3 Å². The number of benzene rings is 2. The molecule has 6 nitrogen and oxygen atoms in total. The Morgan fingerprint density at radius 1 is 0.897 bits per heavy atom. The molecule has 148 valence electrons. The van der Waals surface area contributed by atoms with Crippen molar-refractivity contribution >= 4 is 11.9 Å². The van der Waals surface area contributed by atoms with Gasteiger partial charge in [0, 0.05) is 17.3 Å². The molecule has 6 heteroatoms. The molecule has 0 aliphatic heterocycles. The second kappa shape index (κ2) is 8.34. The van der Waals surface area contributed by atoms with Crippen LogP contribution in [0.25, 0.3) is 0 Å². The predicted octanol–water partition coefficient (Wildman–Crippen LogP) is 4.25. The second-order valence-corrected chi connectivity index (χ2v) is 7.22. The van der Waals surface area contributed by atoms with Gasteiger partial charge in [-0.2, -0.15) is 0 Å². The van der Waals surface area contributed by atoms with Crippen LogP contribution in [0, 0.1) is 19.1 Å². The maximum absolute atomic E-state index is 13.8. The van der Waals surface area contributed by atoms with E-state index < -0.39 is 16.5 Å². The molecule has 1 N–H and O–H groups in total. The Bertz CT molecular complexity index is 980. The Kier molecular flexibility index (Phi) is 5.87. The zero-order valence-corrected chi connectivity index (χ0v) is 16.3. The number of carbonyl (C=O) groups is 2. The lowest BCUT2D eigenvalue weighted by molar-refractivity contribution is -0.826. The van der Waals surface area contributed by atoms with Crippen molar-refractivity contribution in [2.24, 2.45) is 0 Å². The zero-order chi connectivity index (χ0) is 21.0. The first-order valence-corrected chi connectivity index (χ1v) is 9.20. The predicted molar refractivity (Wildman–Crippen MR) is 109 cm³/mol. The number of pyridine rings is 1. The van der Waals surface area contributed by atoms with Crippen LogP contribution in [0.2, 0.25) is 0 Å². The van der Waals surface area contributed by atoms with Crippen molar-refractivity contribution in [2.45, 2.75) is 26.9 Å². The number of quaternary nitrogens is 1. The average Bonchev–Trinajstić information content (AvgIpc) is 2.71. The van der Waals surface area contributed by atoms with Crippen molar-refractivity contribution in [2.75, 3.05) is 0 Å². The second-order valence-electron chi connectivity index (χ2n) is 7.22. The van der Waals surface area contributed by atoms with Crippen LogP contribution in [0.15, 0.2) is 66.9 Å². The van der Waals surface area contributed by atoms with E-state index >= 15 is 0 Å². The highest BCUT2D eigenvalue weighted by molar-refractivity contribution is 5.92. The highest BCUT2D eigenvalue weighted by Gasteiger charge is 2.31. The standard InChI is InChI=1S/C23H22N2O4/c1-16-3-7-18(8-4-16)14-25(29,15-19-9-5-17(2)6-10-19)22(26)21-13-20(23(27)28)11-12-24-21/h3-13H,14-15H2,1-2H3,(H,27,28). The zero-order valence-electron chi connectivity index (χ0n) is 16.3. The molecule has 0 saturated heterocycles. The van der Waals surface area contributed by atoms with Gasteiger partial charge < -0.3 is 10.3 Å². The summed E-state index contributed by atoms with van der Waals surface area (Å²) in [6.07, 6.45) is 1.23. The van der Waals surface area contributed by atoms with Gasteiger partial charge in [0.1, 0.15) is 13.1 Å².